The lowest BCUT2D eigenvalue weighted by atomic mass is 10.2. The van der Waals surface area contributed by atoms with Gasteiger partial charge in [-0.1, -0.05) is 27.7 Å². The normalized spacial score (nSPS) is 11.9. The molecule has 0 aliphatic heterocycles. The number of nitrogens with zero attached hydrogens (tertiary/aromatic N) is 1. The molecule has 7 nitrogen and oxygen atoms in total. The lowest BCUT2D eigenvalue weighted by Crippen LogP contribution is -2.37. The lowest BCUT2D eigenvalue weighted by Gasteiger charge is -2.25. The third-order valence-corrected chi connectivity index (χ3v) is 7.49. The maximum absolute atomic E-state index is 13.1. The van der Waals surface area contributed by atoms with Crippen molar-refractivity contribution in [2.45, 2.75) is 46.4 Å². The van der Waals surface area contributed by atoms with Crippen LogP contribution in [-0.4, -0.2) is 44.3 Å². The molecule has 0 aliphatic carbocycles. The Bertz CT molecular complexity index is 1030. The minimum absolute atomic E-state index is 0.159. The third kappa shape index (κ3) is 6.63. The maximum Gasteiger partial charge on any atom is 0.348 e. The van der Waals surface area contributed by atoms with Gasteiger partial charge in [0.05, 0.1) is 16.5 Å². The van der Waals surface area contributed by atoms with E-state index in [1.54, 1.807) is 19.9 Å². The number of benzene rings is 1. The number of rotatable bonds is 10. The summed E-state index contributed by atoms with van der Waals surface area (Å²) >= 11 is 1.14. The molecule has 32 heavy (non-hydrogen) atoms. The van der Waals surface area contributed by atoms with E-state index in [1.807, 2.05) is 27.7 Å². The van der Waals surface area contributed by atoms with Crippen LogP contribution in [0.3, 0.4) is 0 Å². The molecule has 0 saturated carbocycles. The Labute approximate surface area is 194 Å². The Hall–Kier alpha value is -2.23. The van der Waals surface area contributed by atoms with Crippen LogP contribution in [0.4, 0.5) is 5.00 Å². The largest absolute Gasteiger partial charge is 0.462 e. The van der Waals surface area contributed by atoms with Gasteiger partial charge in [-0.2, -0.15) is 4.31 Å². The van der Waals surface area contributed by atoms with Crippen molar-refractivity contribution in [3.8, 4) is 0 Å². The van der Waals surface area contributed by atoms with E-state index in [4.69, 9.17) is 4.74 Å². The molecule has 0 fully saturated rings. The molecule has 0 aliphatic rings. The van der Waals surface area contributed by atoms with Crippen LogP contribution in [0.5, 0.6) is 0 Å². The van der Waals surface area contributed by atoms with Crippen LogP contribution in [0.25, 0.3) is 0 Å². The molecule has 176 valence electrons. The molecular formula is C23H32N2O5S2. The molecule has 0 atom stereocenters. The standard InChI is InChI=1S/C23H32N2O5S2/c1-7-30-23(27)21-17(6)12-20(31-21)24-22(26)18-8-10-19(11-9-18)32(28,29)25(13-15(2)3)14-16(4)5/h8-12,15-16H,7,13-14H2,1-6H3,(H,24,26). The van der Waals surface area contributed by atoms with Gasteiger partial charge in [0.15, 0.2) is 0 Å². The number of carbonyl (C=O) groups is 2. The lowest BCUT2D eigenvalue weighted by molar-refractivity contribution is 0.0531. The summed E-state index contributed by atoms with van der Waals surface area (Å²) in [5, 5.41) is 3.28. The molecule has 2 rings (SSSR count). The Morgan fingerprint density at radius 3 is 2.12 bits per heavy atom. The number of hydrogen-bond donors (Lipinski definition) is 1. The topological polar surface area (TPSA) is 92.8 Å². The van der Waals surface area contributed by atoms with Crippen molar-refractivity contribution >= 4 is 38.2 Å². The molecule has 1 aromatic carbocycles. The molecule has 1 aromatic heterocycles. The van der Waals surface area contributed by atoms with Crippen molar-refractivity contribution in [2.75, 3.05) is 25.0 Å². The summed E-state index contributed by atoms with van der Waals surface area (Å²) in [7, 11) is -3.66. The van der Waals surface area contributed by atoms with Gasteiger partial charge in [0.2, 0.25) is 10.0 Å². The van der Waals surface area contributed by atoms with E-state index in [0.717, 1.165) is 16.9 Å². The second-order valence-corrected chi connectivity index (χ2v) is 11.4. The highest BCUT2D eigenvalue weighted by Gasteiger charge is 2.26. The van der Waals surface area contributed by atoms with E-state index in [9.17, 15) is 18.0 Å². The number of sulfonamides is 1. The summed E-state index contributed by atoms with van der Waals surface area (Å²) in [6, 6.07) is 7.63. The zero-order chi connectivity index (χ0) is 24.1. The first kappa shape index (κ1) is 26.0. The van der Waals surface area contributed by atoms with E-state index < -0.39 is 16.0 Å². The number of hydrogen-bond acceptors (Lipinski definition) is 6. The number of thiophene rings is 1. The highest BCUT2D eigenvalue weighted by atomic mass is 32.2. The highest BCUT2D eigenvalue weighted by Crippen LogP contribution is 2.28. The minimum Gasteiger partial charge on any atom is -0.462 e. The number of ether oxygens (including phenoxy) is 1. The van der Waals surface area contributed by atoms with Gasteiger partial charge >= 0.3 is 5.97 Å². The first-order valence-corrected chi connectivity index (χ1v) is 12.9. The number of carbonyl (C=O) groups excluding carboxylic acids is 2. The van der Waals surface area contributed by atoms with E-state index in [-0.39, 0.29) is 29.2 Å². The maximum atomic E-state index is 13.1. The first-order valence-electron chi connectivity index (χ1n) is 10.6. The average Bonchev–Trinajstić information content (AvgIpc) is 3.07. The fourth-order valence-electron chi connectivity index (χ4n) is 3.14. The second kappa shape index (κ2) is 11.1. The Balaban J connectivity index is 2.18. The van der Waals surface area contributed by atoms with Crippen LogP contribution < -0.4 is 5.32 Å². The molecule has 0 saturated heterocycles. The number of nitrogens with one attached hydrogen (secondary N) is 1. The minimum atomic E-state index is -3.66. The van der Waals surface area contributed by atoms with Crippen molar-refractivity contribution in [2.24, 2.45) is 11.8 Å². The van der Waals surface area contributed by atoms with E-state index in [2.05, 4.69) is 5.32 Å². The summed E-state index contributed by atoms with van der Waals surface area (Å²) in [5.74, 6) is -0.408. The summed E-state index contributed by atoms with van der Waals surface area (Å²) in [5.41, 5.74) is 1.05. The smallest absolute Gasteiger partial charge is 0.348 e. The van der Waals surface area contributed by atoms with Crippen LogP contribution >= 0.6 is 11.3 Å². The molecular weight excluding hydrogens is 448 g/mol. The summed E-state index contributed by atoms with van der Waals surface area (Å²) in [6.07, 6.45) is 0. The van der Waals surface area contributed by atoms with Gasteiger partial charge in [-0.3, -0.25) is 4.79 Å². The van der Waals surface area contributed by atoms with Crippen molar-refractivity contribution in [3.05, 3.63) is 46.3 Å². The van der Waals surface area contributed by atoms with Crippen LogP contribution in [0, 0.1) is 18.8 Å². The van der Waals surface area contributed by atoms with Gasteiger partial charge < -0.3 is 10.1 Å². The number of anilines is 1. The second-order valence-electron chi connectivity index (χ2n) is 8.43. The van der Waals surface area contributed by atoms with Crippen LogP contribution in [0.1, 0.15) is 60.2 Å². The molecule has 9 heteroatoms. The van der Waals surface area contributed by atoms with Gasteiger partial charge in [-0.05, 0) is 61.6 Å². The highest BCUT2D eigenvalue weighted by molar-refractivity contribution is 7.89. The molecule has 0 radical (unpaired) electrons. The average molecular weight is 481 g/mol. The molecule has 0 bridgehead atoms. The Kier molecular flexibility index (Phi) is 9.00. The molecule has 1 amide bonds. The van der Waals surface area contributed by atoms with Gasteiger partial charge in [-0.25, -0.2) is 13.2 Å². The van der Waals surface area contributed by atoms with Gasteiger partial charge in [0, 0.05) is 18.7 Å². The predicted octanol–water partition coefficient (Wildman–Crippen LogP) is 4.79. The van der Waals surface area contributed by atoms with Crippen LogP contribution in [0.2, 0.25) is 0 Å². The van der Waals surface area contributed by atoms with Crippen molar-refractivity contribution < 1.29 is 22.7 Å². The van der Waals surface area contributed by atoms with Gasteiger partial charge in [-0.15, -0.1) is 11.3 Å². The van der Waals surface area contributed by atoms with E-state index in [0.29, 0.717) is 28.5 Å². The Morgan fingerprint density at radius 1 is 1.06 bits per heavy atom. The summed E-state index contributed by atoms with van der Waals surface area (Å²) in [6.45, 7) is 12.6. The van der Waals surface area contributed by atoms with E-state index >= 15 is 0 Å². The zero-order valence-electron chi connectivity index (χ0n) is 19.5. The molecule has 0 unspecified atom stereocenters. The zero-order valence-corrected chi connectivity index (χ0v) is 21.1. The number of aryl methyl sites for hydroxylation is 1. The van der Waals surface area contributed by atoms with Gasteiger partial charge in [0.1, 0.15) is 4.88 Å². The predicted molar refractivity (Wildman–Crippen MR) is 128 cm³/mol. The quantitative estimate of drug-likeness (QED) is 0.494. The van der Waals surface area contributed by atoms with Crippen LogP contribution in [-0.2, 0) is 14.8 Å². The van der Waals surface area contributed by atoms with Crippen molar-refractivity contribution in [1.29, 1.82) is 0 Å². The molecule has 0 spiro atoms. The fraction of sp³-hybridized carbons (Fsp3) is 0.478. The Morgan fingerprint density at radius 2 is 1.62 bits per heavy atom. The fourth-order valence-corrected chi connectivity index (χ4v) is 5.87. The molecule has 1 heterocycles. The third-order valence-electron chi connectivity index (χ3n) is 4.51. The molecule has 1 N–H and O–H groups in total. The van der Waals surface area contributed by atoms with Crippen molar-refractivity contribution in [3.63, 3.8) is 0 Å². The van der Waals surface area contributed by atoms with Gasteiger partial charge in [0.25, 0.3) is 5.91 Å². The number of esters is 1. The van der Waals surface area contributed by atoms with Crippen molar-refractivity contribution in [1.82, 2.24) is 4.31 Å². The summed E-state index contributed by atoms with van der Waals surface area (Å²) in [4.78, 5) is 25.2. The summed E-state index contributed by atoms with van der Waals surface area (Å²) < 4.78 is 32.8. The number of amides is 1. The first-order chi connectivity index (χ1) is 14.9. The molecule has 2 aromatic rings. The monoisotopic (exact) mass is 480 g/mol. The SMILES string of the molecule is CCOC(=O)c1sc(NC(=O)c2ccc(S(=O)(=O)N(CC(C)C)CC(C)C)cc2)cc1C. The van der Waals surface area contributed by atoms with Crippen LogP contribution in [0.15, 0.2) is 35.2 Å². The van der Waals surface area contributed by atoms with E-state index in [1.165, 1.54) is 28.6 Å².